The first-order valence-corrected chi connectivity index (χ1v) is 10.4. The summed E-state index contributed by atoms with van der Waals surface area (Å²) in [6, 6.07) is 16.6. The third kappa shape index (κ3) is 3.60. The number of aryl methyl sites for hydroxylation is 1. The van der Waals surface area contributed by atoms with Crippen molar-refractivity contribution in [2.75, 3.05) is 5.75 Å². The van der Waals surface area contributed by atoms with Gasteiger partial charge in [-0.1, -0.05) is 54.4 Å². The Morgan fingerprint density at radius 2 is 1.85 bits per heavy atom. The van der Waals surface area contributed by atoms with Crippen LogP contribution in [0.1, 0.15) is 18.9 Å². The van der Waals surface area contributed by atoms with Gasteiger partial charge in [0, 0.05) is 28.4 Å². The van der Waals surface area contributed by atoms with Crippen LogP contribution >= 0.6 is 23.4 Å². The molecule has 2 aromatic carbocycles. The lowest BCUT2D eigenvalue weighted by Gasteiger charge is -2.09. The van der Waals surface area contributed by atoms with Crippen molar-refractivity contribution < 1.29 is 0 Å². The minimum absolute atomic E-state index is 0.684. The highest BCUT2D eigenvalue weighted by molar-refractivity contribution is 7.99. The fraction of sp³-hybridized carbons (Fsp3) is 0.182. The highest BCUT2D eigenvalue weighted by Crippen LogP contribution is 2.36. The van der Waals surface area contributed by atoms with E-state index >= 15 is 0 Å². The van der Waals surface area contributed by atoms with Gasteiger partial charge in [-0.25, -0.2) is 9.97 Å². The molecule has 3 nitrogen and oxygen atoms in total. The molecule has 136 valence electrons. The first-order valence-electron chi connectivity index (χ1n) is 9.00. The normalized spacial score (nSPS) is 11.2. The molecule has 5 heteroatoms. The van der Waals surface area contributed by atoms with Crippen LogP contribution in [-0.2, 0) is 0 Å². The van der Waals surface area contributed by atoms with E-state index in [1.165, 1.54) is 5.56 Å². The van der Waals surface area contributed by atoms with E-state index in [0.717, 1.165) is 44.6 Å². The van der Waals surface area contributed by atoms with E-state index in [4.69, 9.17) is 16.6 Å². The monoisotopic (exact) mass is 393 g/mol. The average molecular weight is 394 g/mol. The molecule has 0 aliphatic heterocycles. The van der Waals surface area contributed by atoms with Crippen molar-refractivity contribution in [2.24, 2.45) is 0 Å². The molecule has 0 unspecified atom stereocenters. The van der Waals surface area contributed by atoms with E-state index in [-0.39, 0.29) is 0 Å². The van der Waals surface area contributed by atoms with Crippen LogP contribution in [0.15, 0.2) is 65.8 Å². The minimum atomic E-state index is 0.684. The van der Waals surface area contributed by atoms with E-state index in [9.17, 15) is 0 Å². The van der Waals surface area contributed by atoms with Gasteiger partial charge in [0.1, 0.15) is 0 Å². The summed E-state index contributed by atoms with van der Waals surface area (Å²) in [6.45, 7) is 4.26. The van der Waals surface area contributed by atoms with E-state index < -0.39 is 0 Å². The molecule has 27 heavy (non-hydrogen) atoms. The zero-order chi connectivity index (χ0) is 18.8. The van der Waals surface area contributed by atoms with Gasteiger partial charge in [-0.3, -0.25) is 4.40 Å². The van der Waals surface area contributed by atoms with E-state index in [1.54, 1.807) is 18.0 Å². The SMILES string of the molecule is CCCSc1ccc(-c2c(-c3ccc(C)cc3)nc3ncccn23)cc1Cl. The van der Waals surface area contributed by atoms with Crippen molar-refractivity contribution in [3.63, 3.8) is 0 Å². The number of halogens is 1. The third-order valence-electron chi connectivity index (χ3n) is 4.40. The van der Waals surface area contributed by atoms with Gasteiger partial charge in [-0.15, -0.1) is 11.8 Å². The molecule has 0 spiro atoms. The number of rotatable bonds is 5. The van der Waals surface area contributed by atoms with Gasteiger partial charge < -0.3 is 0 Å². The number of nitrogens with zero attached hydrogens (tertiary/aromatic N) is 3. The Morgan fingerprint density at radius 3 is 2.59 bits per heavy atom. The van der Waals surface area contributed by atoms with Crippen LogP contribution in [0, 0.1) is 6.92 Å². The van der Waals surface area contributed by atoms with Gasteiger partial charge in [0.05, 0.1) is 16.4 Å². The van der Waals surface area contributed by atoms with Crippen LogP contribution in [0.25, 0.3) is 28.3 Å². The van der Waals surface area contributed by atoms with Crippen LogP contribution in [-0.4, -0.2) is 20.1 Å². The van der Waals surface area contributed by atoms with E-state index in [2.05, 4.69) is 55.2 Å². The molecular formula is C22H20ClN3S. The Morgan fingerprint density at radius 1 is 1.07 bits per heavy atom. The summed E-state index contributed by atoms with van der Waals surface area (Å²) < 4.78 is 2.03. The summed E-state index contributed by atoms with van der Waals surface area (Å²) in [5.41, 5.74) is 5.26. The number of benzene rings is 2. The molecule has 0 radical (unpaired) electrons. The lowest BCUT2D eigenvalue weighted by molar-refractivity contribution is 1.10. The van der Waals surface area contributed by atoms with Gasteiger partial charge in [-0.2, -0.15) is 0 Å². The largest absolute Gasteiger partial charge is 0.283 e. The maximum atomic E-state index is 6.59. The third-order valence-corrected chi connectivity index (χ3v) is 6.10. The molecule has 0 saturated heterocycles. The summed E-state index contributed by atoms with van der Waals surface area (Å²) in [6.07, 6.45) is 4.89. The number of aromatic nitrogens is 3. The summed E-state index contributed by atoms with van der Waals surface area (Å²) >= 11 is 8.38. The standard InChI is InChI=1S/C22H20ClN3S/c1-3-13-27-19-10-9-17(14-18(19)23)21-20(16-7-5-15(2)6-8-16)25-22-24-11-4-12-26(21)22/h4-12,14H,3,13H2,1-2H3. The van der Waals surface area contributed by atoms with Crippen molar-refractivity contribution in [1.29, 1.82) is 0 Å². The number of imidazole rings is 1. The van der Waals surface area contributed by atoms with Crippen molar-refractivity contribution >= 4 is 29.1 Å². The van der Waals surface area contributed by atoms with Crippen molar-refractivity contribution in [1.82, 2.24) is 14.4 Å². The van der Waals surface area contributed by atoms with Crippen LogP contribution in [0.2, 0.25) is 5.02 Å². The summed E-state index contributed by atoms with van der Waals surface area (Å²) in [5, 5.41) is 0.777. The van der Waals surface area contributed by atoms with Crippen molar-refractivity contribution in [2.45, 2.75) is 25.2 Å². The summed E-state index contributed by atoms with van der Waals surface area (Å²) in [5.74, 6) is 1.75. The number of fused-ring (bicyclic) bond motifs is 1. The molecule has 0 fully saturated rings. The van der Waals surface area contributed by atoms with Crippen LogP contribution < -0.4 is 0 Å². The van der Waals surface area contributed by atoms with Gasteiger partial charge >= 0.3 is 0 Å². The highest BCUT2D eigenvalue weighted by Gasteiger charge is 2.17. The molecule has 2 heterocycles. The second-order valence-corrected chi connectivity index (χ2v) is 8.00. The molecule has 0 N–H and O–H groups in total. The number of hydrogen-bond acceptors (Lipinski definition) is 3. The molecule has 2 aromatic heterocycles. The van der Waals surface area contributed by atoms with Gasteiger partial charge in [0.15, 0.2) is 0 Å². The Kier molecular flexibility index (Phi) is 5.19. The Balaban J connectivity index is 1.89. The molecule has 4 aromatic rings. The molecule has 4 rings (SSSR count). The first kappa shape index (κ1) is 18.1. The molecule has 0 bridgehead atoms. The second kappa shape index (κ2) is 7.75. The van der Waals surface area contributed by atoms with Crippen LogP contribution in [0.4, 0.5) is 0 Å². The zero-order valence-corrected chi connectivity index (χ0v) is 16.9. The molecule has 0 atom stereocenters. The molecule has 0 aliphatic carbocycles. The lowest BCUT2D eigenvalue weighted by atomic mass is 10.0. The predicted molar refractivity (Wildman–Crippen MR) is 115 cm³/mol. The van der Waals surface area contributed by atoms with Crippen molar-refractivity contribution in [3.05, 3.63) is 71.5 Å². The fourth-order valence-corrected chi connectivity index (χ4v) is 4.18. The Bertz CT molecular complexity index is 1090. The molecule has 0 saturated carbocycles. The smallest absolute Gasteiger partial charge is 0.234 e. The predicted octanol–water partition coefficient (Wildman–Crippen LogP) is 6.53. The number of thioether (sulfide) groups is 1. The lowest BCUT2D eigenvalue weighted by Crippen LogP contribution is -1.91. The second-order valence-electron chi connectivity index (χ2n) is 6.46. The molecule has 0 aliphatic rings. The quantitative estimate of drug-likeness (QED) is 0.361. The number of hydrogen-bond donors (Lipinski definition) is 0. The van der Waals surface area contributed by atoms with Crippen LogP contribution in [0.3, 0.4) is 0 Å². The van der Waals surface area contributed by atoms with Gasteiger partial charge in [0.25, 0.3) is 0 Å². The maximum Gasteiger partial charge on any atom is 0.234 e. The van der Waals surface area contributed by atoms with Crippen molar-refractivity contribution in [3.8, 4) is 22.5 Å². The topological polar surface area (TPSA) is 30.2 Å². The Labute approximate surface area is 168 Å². The fourth-order valence-electron chi connectivity index (χ4n) is 3.05. The van der Waals surface area contributed by atoms with E-state index in [1.807, 2.05) is 22.7 Å². The average Bonchev–Trinajstić information content (AvgIpc) is 3.07. The molecular weight excluding hydrogens is 374 g/mol. The van der Waals surface area contributed by atoms with Crippen LogP contribution in [0.5, 0.6) is 0 Å². The van der Waals surface area contributed by atoms with Gasteiger partial charge in [0.2, 0.25) is 5.78 Å². The molecule has 0 amide bonds. The minimum Gasteiger partial charge on any atom is -0.283 e. The first-order chi connectivity index (χ1) is 13.2. The summed E-state index contributed by atoms with van der Waals surface area (Å²) in [7, 11) is 0. The Hall–Kier alpha value is -2.30. The van der Waals surface area contributed by atoms with Gasteiger partial charge in [-0.05, 0) is 37.3 Å². The summed E-state index contributed by atoms with van der Waals surface area (Å²) in [4.78, 5) is 10.3. The van der Waals surface area contributed by atoms with E-state index in [0.29, 0.717) is 5.78 Å². The zero-order valence-electron chi connectivity index (χ0n) is 15.3. The maximum absolute atomic E-state index is 6.59. The highest BCUT2D eigenvalue weighted by atomic mass is 35.5.